The summed E-state index contributed by atoms with van der Waals surface area (Å²) in [7, 11) is 2.09. The fourth-order valence-electron chi connectivity index (χ4n) is 1.87. The topological polar surface area (TPSA) is 79.1 Å². The van der Waals surface area contributed by atoms with Gasteiger partial charge < -0.3 is 10.2 Å². The minimum absolute atomic E-state index is 0.413. The van der Waals surface area contributed by atoms with Gasteiger partial charge in [0.15, 0.2) is 0 Å². The maximum absolute atomic E-state index is 5.27. The highest BCUT2D eigenvalue weighted by molar-refractivity contribution is 5.45. The molecule has 1 heterocycles. The summed E-state index contributed by atoms with van der Waals surface area (Å²) in [5.41, 5.74) is 3.65. The van der Waals surface area contributed by atoms with Gasteiger partial charge in [0.2, 0.25) is 5.95 Å². The van der Waals surface area contributed by atoms with E-state index >= 15 is 0 Å². The Labute approximate surface area is 119 Å². The van der Waals surface area contributed by atoms with E-state index in [1.165, 1.54) is 5.69 Å². The van der Waals surface area contributed by atoms with Gasteiger partial charge in [0.25, 0.3) is 0 Å². The molecule has 0 spiro atoms. The fourth-order valence-corrected chi connectivity index (χ4v) is 1.87. The van der Waals surface area contributed by atoms with Crippen LogP contribution < -0.4 is 21.5 Å². The van der Waals surface area contributed by atoms with Crippen LogP contribution in [-0.2, 0) is 0 Å². The predicted molar refractivity (Wildman–Crippen MR) is 82.7 cm³/mol. The third-order valence-electron chi connectivity index (χ3n) is 2.96. The number of nitrogens with zero attached hydrogens (tertiary/aromatic N) is 3. The first-order chi connectivity index (χ1) is 9.79. The first kappa shape index (κ1) is 14.1. The van der Waals surface area contributed by atoms with Gasteiger partial charge >= 0.3 is 0 Å². The van der Waals surface area contributed by atoms with Crippen LogP contribution in [0.2, 0.25) is 0 Å². The Morgan fingerprint density at radius 3 is 2.75 bits per heavy atom. The Morgan fingerprint density at radius 2 is 2.00 bits per heavy atom. The van der Waals surface area contributed by atoms with Gasteiger partial charge in [-0.3, -0.25) is 5.43 Å². The van der Waals surface area contributed by atoms with Crippen molar-refractivity contribution in [3.8, 4) is 0 Å². The molecule has 106 valence electrons. The summed E-state index contributed by atoms with van der Waals surface area (Å²) >= 11 is 0. The van der Waals surface area contributed by atoms with Gasteiger partial charge in [0.05, 0.1) is 0 Å². The van der Waals surface area contributed by atoms with E-state index < -0.39 is 0 Å². The van der Waals surface area contributed by atoms with E-state index in [0.29, 0.717) is 5.95 Å². The summed E-state index contributed by atoms with van der Waals surface area (Å²) in [4.78, 5) is 10.4. The Kier molecular flexibility index (Phi) is 5.14. The van der Waals surface area contributed by atoms with E-state index in [-0.39, 0.29) is 0 Å². The summed E-state index contributed by atoms with van der Waals surface area (Å²) in [6, 6.07) is 12.2. The zero-order valence-electron chi connectivity index (χ0n) is 11.6. The highest BCUT2D eigenvalue weighted by atomic mass is 15.3. The molecule has 0 fully saturated rings. The zero-order valence-corrected chi connectivity index (χ0v) is 11.6. The molecule has 0 saturated carbocycles. The van der Waals surface area contributed by atoms with Gasteiger partial charge in [-0.15, -0.1) is 0 Å². The van der Waals surface area contributed by atoms with E-state index in [9.17, 15) is 0 Å². The number of nitrogen functional groups attached to an aromatic ring is 1. The largest absolute Gasteiger partial charge is 0.375 e. The minimum Gasteiger partial charge on any atom is -0.375 e. The molecule has 0 amide bonds. The van der Waals surface area contributed by atoms with Gasteiger partial charge in [-0.1, -0.05) is 18.2 Å². The van der Waals surface area contributed by atoms with Crippen LogP contribution in [0.4, 0.5) is 17.5 Å². The predicted octanol–water partition coefficient (Wildman–Crippen LogP) is 1.70. The Balaban J connectivity index is 1.73. The zero-order chi connectivity index (χ0) is 14.2. The second-order valence-electron chi connectivity index (χ2n) is 4.45. The quantitative estimate of drug-likeness (QED) is 0.404. The van der Waals surface area contributed by atoms with E-state index in [0.717, 1.165) is 25.3 Å². The maximum Gasteiger partial charge on any atom is 0.239 e. The number of hydrazine groups is 1. The molecule has 2 rings (SSSR count). The van der Waals surface area contributed by atoms with Crippen LogP contribution in [-0.4, -0.2) is 30.1 Å². The number of hydrogen-bond acceptors (Lipinski definition) is 6. The molecule has 0 aliphatic rings. The summed E-state index contributed by atoms with van der Waals surface area (Å²) in [5, 5.41) is 3.25. The van der Waals surface area contributed by atoms with Crippen molar-refractivity contribution < 1.29 is 0 Å². The highest BCUT2D eigenvalue weighted by Gasteiger charge is 2.00. The van der Waals surface area contributed by atoms with Crippen molar-refractivity contribution in [2.75, 3.05) is 35.8 Å². The molecular weight excluding hydrogens is 252 g/mol. The highest BCUT2D eigenvalue weighted by Crippen LogP contribution is 2.11. The molecule has 6 heteroatoms. The fraction of sp³-hybridized carbons (Fsp3) is 0.286. The molecule has 0 radical (unpaired) electrons. The second-order valence-corrected chi connectivity index (χ2v) is 4.45. The number of anilines is 3. The number of hydrogen-bond donors (Lipinski definition) is 3. The molecule has 1 aromatic heterocycles. The lowest BCUT2D eigenvalue weighted by molar-refractivity contribution is 0.814. The van der Waals surface area contributed by atoms with Crippen LogP contribution in [0.25, 0.3) is 0 Å². The van der Waals surface area contributed by atoms with E-state index in [1.807, 2.05) is 24.3 Å². The average molecular weight is 272 g/mol. The summed E-state index contributed by atoms with van der Waals surface area (Å²) in [6.45, 7) is 1.82. The van der Waals surface area contributed by atoms with Crippen molar-refractivity contribution in [3.05, 3.63) is 42.6 Å². The Morgan fingerprint density at radius 1 is 1.20 bits per heavy atom. The smallest absolute Gasteiger partial charge is 0.239 e. The van der Waals surface area contributed by atoms with Crippen molar-refractivity contribution in [2.45, 2.75) is 6.42 Å². The molecule has 0 bridgehead atoms. The number of para-hydroxylation sites is 1. The van der Waals surface area contributed by atoms with Gasteiger partial charge in [0.1, 0.15) is 5.82 Å². The van der Waals surface area contributed by atoms with Crippen molar-refractivity contribution in [1.29, 1.82) is 0 Å². The molecular formula is C14H20N6. The number of nitrogens with one attached hydrogen (secondary N) is 2. The standard InChI is InChI=1S/C14H20N6/c1-20(12-6-3-2-4-7-12)11-5-9-16-13-8-10-17-14(18-13)19-15/h2-4,6-8,10H,5,9,11,15H2,1H3,(H2,16,17,18,19). The summed E-state index contributed by atoms with van der Waals surface area (Å²) in [5.74, 6) is 6.46. The van der Waals surface area contributed by atoms with E-state index in [4.69, 9.17) is 5.84 Å². The average Bonchev–Trinajstić information content (AvgIpc) is 2.52. The first-order valence-electron chi connectivity index (χ1n) is 6.59. The number of nitrogens with two attached hydrogens (primary N) is 1. The lowest BCUT2D eigenvalue weighted by Gasteiger charge is -2.19. The molecule has 1 aromatic carbocycles. The van der Waals surface area contributed by atoms with Crippen LogP contribution in [0.1, 0.15) is 6.42 Å². The van der Waals surface area contributed by atoms with Crippen molar-refractivity contribution in [1.82, 2.24) is 9.97 Å². The number of aromatic nitrogens is 2. The van der Waals surface area contributed by atoms with Gasteiger partial charge in [0, 0.05) is 32.0 Å². The first-order valence-corrected chi connectivity index (χ1v) is 6.59. The molecule has 20 heavy (non-hydrogen) atoms. The molecule has 0 aliphatic heterocycles. The molecule has 0 atom stereocenters. The SMILES string of the molecule is CN(CCCNc1ccnc(NN)n1)c1ccccc1. The van der Waals surface area contributed by atoms with Crippen LogP contribution >= 0.6 is 0 Å². The molecule has 4 N–H and O–H groups in total. The van der Waals surface area contributed by atoms with Gasteiger partial charge in [-0.2, -0.15) is 4.98 Å². The van der Waals surface area contributed by atoms with Crippen molar-refractivity contribution in [2.24, 2.45) is 5.84 Å². The van der Waals surface area contributed by atoms with Gasteiger partial charge in [-0.25, -0.2) is 10.8 Å². The summed E-state index contributed by atoms with van der Waals surface area (Å²) in [6.07, 6.45) is 2.68. The van der Waals surface area contributed by atoms with Crippen molar-refractivity contribution >= 4 is 17.5 Å². The summed E-state index contributed by atoms with van der Waals surface area (Å²) < 4.78 is 0. The Bertz CT molecular complexity index is 516. The number of benzene rings is 1. The lowest BCUT2D eigenvalue weighted by Crippen LogP contribution is -2.21. The molecule has 0 saturated heterocycles. The molecule has 0 aliphatic carbocycles. The van der Waals surface area contributed by atoms with Crippen LogP contribution in [0.15, 0.2) is 42.6 Å². The van der Waals surface area contributed by atoms with E-state index in [2.05, 4.69) is 44.8 Å². The third-order valence-corrected chi connectivity index (χ3v) is 2.96. The third kappa shape index (κ3) is 4.10. The number of rotatable bonds is 7. The second kappa shape index (κ2) is 7.30. The maximum atomic E-state index is 5.27. The van der Waals surface area contributed by atoms with Crippen LogP contribution in [0.3, 0.4) is 0 Å². The molecule has 6 nitrogen and oxygen atoms in total. The molecule has 0 unspecified atom stereocenters. The minimum atomic E-state index is 0.413. The van der Waals surface area contributed by atoms with Gasteiger partial charge in [-0.05, 0) is 24.6 Å². The van der Waals surface area contributed by atoms with Crippen LogP contribution in [0.5, 0.6) is 0 Å². The van der Waals surface area contributed by atoms with E-state index in [1.54, 1.807) is 6.20 Å². The van der Waals surface area contributed by atoms with Crippen molar-refractivity contribution in [3.63, 3.8) is 0 Å². The molecule has 2 aromatic rings. The lowest BCUT2D eigenvalue weighted by atomic mass is 10.3. The van der Waals surface area contributed by atoms with Crippen LogP contribution in [0, 0.1) is 0 Å². The Hall–Kier alpha value is -2.34. The monoisotopic (exact) mass is 272 g/mol. The normalized spacial score (nSPS) is 10.1.